The Hall–Kier alpha value is -3.18. The van der Waals surface area contributed by atoms with Crippen LogP contribution in [0.1, 0.15) is 5.56 Å². The molecule has 3 aromatic carbocycles. The Labute approximate surface area is 161 Å². The van der Waals surface area contributed by atoms with Crippen molar-refractivity contribution in [2.24, 2.45) is 0 Å². The van der Waals surface area contributed by atoms with E-state index in [9.17, 15) is 10.2 Å². The topological polar surface area (TPSA) is 65.4 Å². The number of nitrogens with zero attached hydrogens (tertiary/aromatic N) is 1. The van der Waals surface area contributed by atoms with Crippen LogP contribution in [-0.2, 0) is 6.54 Å². The highest BCUT2D eigenvalue weighted by Crippen LogP contribution is 2.33. The summed E-state index contributed by atoms with van der Waals surface area (Å²) in [5.74, 6) is 0.0691. The van der Waals surface area contributed by atoms with Crippen LogP contribution in [0.15, 0.2) is 88.8 Å². The Bertz CT molecular complexity index is 1100. The number of anilines is 1. The standard InChI is InChI=1S/C22H18N2O2S/c25-17-8-10-19(21(26)12-17)24-14-16-4-1-2-6-22(16)27-18-9-7-15-5-3-11-23-20(15)13-18/h1-13,24-26H,14H2. The third-order valence-electron chi connectivity index (χ3n) is 4.23. The lowest BCUT2D eigenvalue weighted by atomic mass is 10.2. The first-order valence-electron chi connectivity index (χ1n) is 8.55. The number of phenolic OH excluding ortho intramolecular Hbond substituents is 2. The summed E-state index contributed by atoms with van der Waals surface area (Å²) in [7, 11) is 0. The van der Waals surface area contributed by atoms with Crippen LogP contribution in [0.2, 0.25) is 0 Å². The molecule has 0 spiro atoms. The first kappa shape index (κ1) is 17.2. The lowest BCUT2D eigenvalue weighted by molar-refractivity contribution is 0.452. The zero-order valence-electron chi connectivity index (χ0n) is 14.5. The quantitative estimate of drug-likeness (QED) is 0.322. The molecule has 0 bridgehead atoms. The minimum atomic E-state index is 0.0285. The van der Waals surface area contributed by atoms with Crippen LogP contribution in [0.3, 0.4) is 0 Å². The number of hydrogen-bond donors (Lipinski definition) is 3. The predicted octanol–water partition coefficient (Wildman–Crippen LogP) is 5.41. The molecule has 4 aromatic rings. The van der Waals surface area contributed by atoms with Crippen molar-refractivity contribution in [3.05, 3.63) is 84.6 Å². The maximum absolute atomic E-state index is 9.94. The van der Waals surface area contributed by atoms with Gasteiger partial charge in [0.05, 0.1) is 11.2 Å². The fourth-order valence-corrected chi connectivity index (χ4v) is 3.82. The van der Waals surface area contributed by atoms with Gasteiger partial charge in [0.2, 0.25) is 0 Å². The van der Waals surface area contributed by atoms with Crippen molar-refractivity contribution >= 4 is 28.4 Å². The van der Waals surface area contributed by atoms with Crippen molar-refractivity contribution in [2.45, 2.75) is 16.3 Å². The molecule has 5 heteroatoms. The molecule has 4 rings (SSSR count). The van der Waals surface area contributed by atoms with Gasteiger partial charge in [0.15, 0.2) is 0 Å². The fourth-order valence-electron chi connectivity index (χ4n) is 2.85. The molecule has 0 aliphatic rings. The highest BCUT2D eigenvalue weighted by atomic mass is 32.2. The average molecular weight is 374 g/mol. The van der Waals surface area contributed by atoms with Gasteiger partial charge < -0.3 is 15.5 Å². The molecule has 27 heavy (non-hydrogen) atoms. The average Bonchev–Trinajstić information content (AvgIpc) is 2.68. The maximum Gasteiger partial charge on any atom is 0.142 e. The highest BCUT2D eigenvalue weighted by molar-refractivity contribution is 7.99. The van der Waals surface area contributed by atoms with Crippen LogP contribution in [0, 0.1) is 0 Å². The summed E-state index contributed by atoms with van der Waals surface area (Å²) in [6.45, 7) is 0.563. The number of pyridine rings is 1. The van der Waals surface area contributed by atoms with E-state index >= 15 is 0 Å². The first-order valence-corrected chi connectivity index (χ1v) is 9.37. The van der Waals surface area contributed by atoms with E-state index in [2.05, 4.69) is 46.7 Å². The molecule has 1 aromatic heterocycles. The van der Waals surface area contributed by atoms with Crippen LogP contribution in [0.5, 0.6) is 11.5 Å². The van der Waals surface area contributed by atoms with E-state index < -0.39 is 0 Å². The molecule has 4 nitrogen and oxygen atoms in total. The molecule has 3 N–H and O–H groups in total. The summed E-state index contributed by atoms with van der Waals surface area (Å²) in [5.41, 5.74) is 2.69. The van der Waals surface area contributed by atoms with Gasteiger partial charge in [-0.25, -0.2) is 0 Å². The second-order valence-corrected chi connectivity index (χ2v) is 7.24. The minimum absolute atomic E-state index is 0.0285. The van der Waals surface area contributed by atoms with Crippen LogP contribution < -0.4 is 5.32 Å². The number of rotatable bonds is 5. The lowest BCUT2D eigenvalue weighted by Gasteiger charge is -2.12. The Balaban J connectivity index is 1.55. The monoisotopic (exact) mass is 374 g/mol. The molecule has 134 valence electrons. The van der Waals surface area contributed by atoms with Crippen molar-refractivity contribution < 1.29 is 10.2 Å². The van der Waals surface area contributed by atoms with Crippen LogP contribution in [0.4, 0.5) is 5.69 Å². The number of hydrogen-bond acceptors (Lipinski definition) is 5. The molecule has 0 unspecified atom stereocenters. The Kier molecular flexibility index (Phi) is 4.85. The number of aromatic nitrogens is 1. The van der Waals surface area contributed by atoms with Gasteiger partial charge >= 0.3 is 0 Å². The van der Waals surface area contributed by atoms with Crippen molar-refractivity contribution in [1.29, 1.82) is 0 Å². The zero-order chi connectivity index (χ0) is 18.6. The van der Waals surface area contributed by atoms with E-state index in [0.29, 0.717) is 12.2 Å². The molecule has 0 saturated carbocycles. The van der Waals surface area contributed by atoms with E-state index in [-0.39, 0.29) is 11.5 Å². The Morgan fingerprint density at radius 3 is 2.67 bits per heavy atom. The van der Waals surface area contributed by atoms with E-state index in [1.165, 1.54) is 6.07 Å². The first-order chi connectivity index (χ1) is 13.2. The summed E-state index contributed by atoms with van der Waals surface area (Å²) in [6, 6.07) is 23.0. The molecular formula is C22H18N2O2S. The minimum Gasteiger partial charge on any atom is -0.508 e. The molecule has 0 aliphatic heterocycles. The predicted molar refractivity (Wildman–Crippen MR) is 109 cm³/mol. The van der Waals surface area contributed by atoms with E-state index in [0.717, 1.165) is 26.3 Å². The number of fused-ring (bicyclic) bond motifs is 1. The molecule has 0 amide bonds. The molecule has 0 atom stereocenters. The van der Waals surface area contributed by atoms with Gasteiger partial charge in [-0.15, -0.1) is 0 Å². The lowest BCUT2D eigenvalue weighted by Crippen LogP contribution is -2.01. The van der Waals surface area contributed by atoms with Gasteiger partial charge in [-0.2, -0.15) is 0 Å². The summed E-state index contributed by atoms with van der Waals surface area (Å²) in [6.07, 6.45) is 1.80. The van der Waals surface area contributed by atoms with Crippen molar-refractivity contribution in [1.82, 2.24) is 4.98 Å². The van der Waals surface area contributed by atoms with Gasteiger partial charge in [0, 0.05) is 34.0 Å². The Morgan fingerprint density at radius 2 is 1.78 bits per heavy atom. The van der Waals surface area contributed by atoms with Gasteiger partial charge in [-0.1, -0.05) is 42.1 Å². The number of nitrogens with one attached hydrogen (secondary N) is 1. The van der Waals surface area contributed by atoms with Gasteiger partial charge in [0.1, 0.15) is 11.5 Å². The highest BCUT2D eigenvalue weighted by Gasteiger charge is 2.07. The van der Waals surface area contributed by atoms with E-state index in [1.54, 1.807) is 30.1 Å². The Morgan fingerprint density at radius 1 is 0.889 bits per heavy atom. The smallest absolute Gasteiger partial charge is 0.142 e. The summed E-state index contributed by atoms with van der Waals surface area (Å²) in [4.78, 5) is 6.69. The third kappa shape index (κ3) is 3.99. The van der Waals surface area contributed by atoms with E-state index in [1.807, 2.05) is 18.2 Å². The van der Waals surface area contributed by atoms with Crippen LogP contribution >= 0.6 is 11.8 Å². The summed E-state index contributed by atoms with van der Waals surface area (Å²) in [5, 5.41) is 23.7. The molecule has 0 aliphatic carbocycles. The molecule has 1 heterocycles. The molecule has 0 saturated heterocycles. The second kappa shape index (κ2) is 7.60. The third-order valence-corrected chi connectivity index (χ3v) is 5.34. The summed E-state index contributed by atoms with van der Waals surface area (Å²) >= 11 is 1.69. The van der Waals surface area contributed by atoms with Crippen molar-refractivity contribution in [3.8, 4) is 11.5 Å². The molecule has 0 fully saturated rings. The number of aromatic hydroxyl groups is 2. The number of phenols is 2. The zero-order valence-corrected chi connectivity index (χ0v) is 15.3. The molecular weight excluding hydrogens is 356 g/mol. The molecule has 0 radical (unpaired) electrons. The number of benzene rings is 3. The largest absolute Gasteiger partial charge is 0.508 e. The van der Waals surface area contributed by atoms with Gasteiger partial charge in [-0.05, 0) is 42.0 Å². The van der Waals surface area contributed by atoms with E-state index in [4.69, 9.17) is 0 Å². The normalized spacial score (nSPS) is 10.8. The summed E-state index contributed by atoms with van der Waals surface area (Å²) < 4.78 is 0. The van der Waals surface area contributed by atoms with Crippen molar-refractivity contribution in [2.75, 3.05) is 5.32 Å². The maximum atomic E-state index is 9.94. The second-order valence-electron chi connectivity index (χ2n) is 6.12. The fraction of sp³-hybridized carbons (Fsp3) is 0.0455. The van der Waals surface area contributed by atoms with Gasteiger partial charge in [-0.3, -0.25) is 4.98 Å². The SMILES string of the molecule is Oc1ccc(NCc2ccccc2Sc2ccc3cccnc3c2)c(O)c1. The van der Waals surface area contributed by atoms with Crippen LogP contribution in [-0.4, -0.2) is 15.2 Å². The van der Waals surface area contributed by atoms with Gasteiger partial charge in [0.25, 0.3) is 0 Å². The van der Waals surface area contributed by atoms with Crippen LogP contribution in [0.25, 0.3) is 10.9 Å². The van der Waals surface area contributed by atoms with Crippen molar-refractivity contribution in [3.63, 3.8) is 0 Å².